The van der Waals surface area contributed by atoms with Gasteiger partial charge in [0.05, 0.1) is 10.6 Å². The molecule has 126 valence electrons. The topological polar surface area (TPSA) is 48.5 Å². The number of anilines is 2. The Kier molecular flexibility index (Phi) is 5.23. The highest BCUT2D eigenvalue weighted by molar-refractivity contribution is 6.41. The van der Waals surface area contributed by atoms with Crippen molar-refractivity contribution < 1.29 is 4.79 Å². The smallest absolute Gasteiger partial charge is 0.257 e. The molecular weight excluding hydrogens is 347 g/mol. The molecule has 0 radical (unpaired) electrons. The number of hydrogen-bond donors (Lipinski definition) is 1. The number of nitrogens with one attached hydrogen (secondary N) is 1. The summed E-state index contributed by atoms with van der Waals surface area (Å²) in [5, 5.41) is 3.28. The molecule has 1 saturated heterocycles. The van der Waals surface area contributed by atoms with E-state index in [1.165, 1.54) is 12.3 Å². The van der Waals surface area contributed by atoms with Gasteiger partial charge in [-0.2, -0.15) is 0 Å². The zero-order chi connectivity index (χ0) is 17.1. The molecule has 2 heterocycles. The number of benzene rings is 1. The highest BCUT2D eigenvalue weighted by Gasteiger charge is 2.14. The fourth-order valence-corrected chi connectivity index (χ4v) is 2.84. The minimum Gasteiger partial charge on any atom is -0.369 e. The van der Waals surface area contributed by atoms with Crippen molar-refractivity contribution in [1.82, 2.24) is 9.88 Å². The number of piperazine rings is 1. The van der Waals surface area contributed by atoms with Crippen molar-refractivity contribution in [2.24, 2.45) is 0 Å². The largest absolute Gasteiger partial charge is 0.369 e. The summed E-state index contributed by atoms with van der Waals surface area (Å²) in [7, 11) is 2.13. The monoisotopic (exact) mass is 364 g/mol. The summed E-state index contributed by atoms with van der Waals surface area (Å²) >= 11 is 11.7. The molecule has 5 nitrogen and oxygen atoms in total. The Hall–Kier alpha value is -1.82. The number of hydrogen-bond acceptors (Lipinski definition) is 4. The van der Waals surface area contributed by atoms with Crippen LogP contribution in [0.3, 0.4) is 0 Å². The van der Waals surface area contributed by atoms with E-state index in [0.717, 1.165) is 37.6 Å². The third-order valence-electron chi connectivity index (χ3n) is 4.05. The number of likely N-dealkylation sites (N-methyl/N-ethyl adjacent to an activating group) is 1. The molecule has 0 saturated carbocycles. The van der Waals surface area contributed by atoms with Gasteiger partial charge in [0.25, 0.3) is 5.91 Å². The van der Waals surface area contributed by atoms with Crippen molar-refractivity contribution in [3.05, 3.63) is 52.3 Å². The van der Waals surface area contributed by atoms with Crippen LogP contribution >= 0.6 is 23.2 Å². The van der Waals surface area contributed by atoms with Gasteiger partial charge in [-0.15, -0.1) is 0 Å². The van der Waals surface area contributed by atoms with Gasteiger partial charge in [0.15, 0.2) is 0 Å². The minimum absolute atomic E-state index is 0.185. The second-order valence-electron chi connectivity index (χ2n) is 5.79. The number of halogens is 2. The number of rotatable bonds is 3. The molecule has 0 aliphatic carbocycles. The molecule has 0 spiro atoms. The molecule has 24 heavy (non-hydrogen) atoms. The quantitative estimate of drug-likeness (QED) is 0.848. The molecule has 1 aliphatic heterocycles. The van der Waals surface area contributed by atoms with Crippen molar-refractivity contribution in [3.8, 4) is 0 Å². The summed E-state index contributed by atoms with van der Waals surface area (Å²) < 4.78 is 0. The highest BCUT2D eigenvalue weighted by Crippen LogP contribution is 2.22. The molecule has 0 unspecified atom stereocenters. The van der Waals surface area contributed by atoms with Gasteiger partial charge in [-0.25, -0.2) is 4.98 Å². The van der Waals surface area contributed by atoms with Crippen molar-refractivity contribution in [2.75, 3.05) is 43.4 Å². The standard InChI is InChI=1S/C17H18Cl2N4O/c1-22-6-8-23(9-7-22)14-4-2-13(3-5-14)21-17(24)12-10-15(18)16(19)20-11-12/h2-5,10-11H,6-9H2,1H3,(H,21,24). The molecule has 1 fully saturated rings. The van der Waals surface area contributed by atoms with Crippen molar-refractivity contribution >= 4 is 40.5 Å². The normalized spacial score (nSPS) is 15.4. The van der Waals surface area contributed by atoms with Crippen molar-refractivity contribution in [1.29, 1.82) is 0 Å². The summed E-state index contributed by atoms with van der Waals surface area (Å²) in [6, 6.07) is 9.35. The van der Waals surface area contributed by atoms with Gasteiger partial charge in [-0.05, 0) is 37.4 Å². The maximum atomic E-state index is 12.2. The molecule has 3 rings (SSSR count). The number of aromatic nitrogens is 1. The first-order valence-corrected chi connectivity index (χ1v) is 8.44. The Balaban J connectivity index is 1.65. The second kappa shape index (κ2) is 7.38. The first kappa shape index (κ1) is 17.0. The van der Waals surface area contributed by atoms with Gasteiger partial charge in [0.1, 0.15) is 5.15 Å². The fraction of sp³-hybridized carbons (Fsp3) is 0.294. The zero-order valence-corrected chi connectivity index (χ0v) is 14.8. The van der Waals surface area contributed by atoms with Gasteiger partial charge >= 0.3 is 0 Å². The van der Waals surface area contributed by atoms with Crippen LogP contribution < -0.4 is 10.2 Å². The molecule has 0 bridgehead atoms. The molecule has 1 amide bonds. The molecule has 1 aliphatic rings. The van der Waals surface area contributed by atoms with E-state index >= 15 is 0 Å². The SMILES string of the molecule is CN1CCN(c2ccc(NC(=O)c3cnc(Cl)c(Cl)c3)cc2)CC1. The molecule has 2 aromatic rings. The fourth-order valence-electron chi connectivity index (χ4n) is 2.57. The summed E-state index contributed by atoms with van der Waals surface area (Å²) in [6.07, 6.45) is 1.40. The van der Waals surface area contributed by atoms with Gasteiger partial charge in [-0.3, -0.25) is 4.79 Å². The second-order valence-corrected chi connectivity index (χ2v) is 6.55. The van der Waals surface area contributed by atoms with E-state index < -0.39 is 0 Å². The van der Waals surface area contributed by atoms with E-state index in [-0.39, 0.29) is 16.1 Å². The maximum absolute atomic E-state index is 12.2. The van der Waals surface area contributed by atoms with Gasteiger partial charge in [-0.1, -0.05) is 23.2 Å². The molecule has 1 N–H and O–H groups in total. The minimum atomic E-state index is -0.270. The van der Waals surface area contributed by atoms with Gasteiger partial charge in [0, 0.05) is 43.8 Å². The van der Waals surface area contributed by atoms with Gasteiger partial charge < -0.3 is 15.1 Å². The van der Waals surface area contributed by atoms with Crippen molar-refractivity contribution in [2.45, 2.75) is 0 Å². The van der Waals surface area contributed by atoms with E-state index in [2.05, 4.69) is 27.1 Å². The lowest BCUT2D eigenvalue weighted by Crippen LogP contribution is -2.44. The van der Waals surface area contributed by atoms with E-state index in [1.807, 2.05) is 24.3 Å². The Morgan fingerprint density at radius 3 is 2.42 bits per heavy atom. The molecule has 1 aromatic carbocycles. The number of carbonyl (C=O) groups is 1. The first-order chi connectivity index (χ1) is 11.5. The van der Waals surface area contributed by atoms with Crippen LogP contribution in [0.25, 0.3) is 0 Å². The van der Waals surface area contributed by atoms with Crippen LogP contribution in [-0.2, 0) is 0 Å². The van der Waals surface area contributed by atoms with Crippen LogP contribution in [-0.4, -0.2) is 49.0 Å². The number of amides is 1. The summed E-state index contributed by atoms with van der Waals surface area (Å²) in [4.78, 5) is 20.8. The van der Waals surface area contributed by atoms with Crippen LogP contribution in [0, 0.1) is 0 Å². The molecule has 0 atom stereocenters. The van der Waals surface area contributed by atoms with Crippen LogP contribution in [0.4, 0.5) is 11.4 Å². The number of pyridine rings is 1. The lowest BCUT2D eigenvalue weighted by molar-refractivity contribution is 0.102. The number of nitrogens with zero attached hydrogens (tertiary/aromatic N) is 3. The van der Waals surface area contributed by atoms with E-state index in [0.29, 0.717) is 5.56 Å². The Labute approximate surface area is 151 Å². The average molecular weight is 365 g/mol. The van der Waals surface area contributed by atoms with Crippen LogP contribution in [0.1, 0.15) is 10.4 Å². The summed E-state index contributed by atoms with van der Waals surface area (Å²) in [5.41, 5.74) is 2.26. The lowest BCUT2D eigenvalue weighted by Gasteiger charge is -2.34. The van der Waals surface area contributed by atoms with Crippen molar-refractivity contribution in [3.63, 3.8) is 0 Å². The summed E-state index contributed by atoms with van der Waals surface area (Å²) in [5.74, 6) is -0.270. The third kappa shape index (κ3) is 3.98. The Bertz CT molecular complexity index is 728. The van der Waals surface area contributed by atoms with Crippen LogP contribution in [0.15, 0.2) is 36.5 Å². The lowest BCUT2D eigenvalue weighted by atomic mass is 10.2. The van der Waals surface area contributed by atoms with Crippen LogP contribution in [0.2, 0.25) is 10.2 Å². The average Bonchev–Trinajstić information content (AvgIpc) is 2.59. The van der Waals surface area contributed by atoms with E-state index in [4.69, 9.17) is 23.2 Å². The third-order valence-corrected chi connectivity index (χ3v) is 4.74. The van der Waals surface area contributed by atoms with E-state index in [9.17, 15) is 4.79 Å². The zero-order valence-electron chi connectivity index (χ0n) is 13.3. The predicted molar refractivity (Wildman–Crippen MR) is 98.4 cm³/mol. The Morgan fingerprint density at radius 1 is 1.12 bits per heavy atom. The molecule has 7 heteroatoms. The van der Waals surface area contributed by atoms with Gasteiger partial charge in [0.2, 0.25) is 0 Å². The van der Waals surface area contributed by atoms with E-state index in [1.54, 1.807) is 0 Å². The van der Waals surface area contributed by atoms with Crippen LogP contribution in [0.5, 0.6) is 0 Å². The molecule has 1 aromatic heterocycles. The predicted octanol–water partition coefficient (Wildman–Crippen LogP) is 3.39. The maximum Gasteiger partial charge on any atom is 0.257 e. The number of carbonyl (C=O) groups excluding carboxylic acids is 1. The molecular formula is C17H18Cl2N4O. The summed E-state index contributed by atoms with van der Waals surface area (Å²) in [6.45, 7) is 4.14. The Morgan fingerprint density at radius 2 is 1.79 bits per heavy atom. The first-order valence-electron chi connectivity index (χ1n) is 7.69. The highest BCUT2D eigenvalue weighted by atomic mass is 35.5.